The van der Waals surface area contributed by atoms with Gasteiger partial charge in [-0.25, -0.2) is 9.89 Å². The Morgan fingerprint density at radius 2 is 1.89 bits per heavy atom. The van der Waals surface area contributed by atoms with E-state index >= 15 is 0 Å². The van der Waals surface area contributed by atoms with E-state index in [9.17, 15) is 4.79 Å². The molecule has 0 bridgehead atoms. The lowest BCUT2D eigenvalue weighted by Gasteiger charge is -2.11. The number of aromatic nitrogens is 4. The molecule has 2 aromatic carbocycles. The van der Waals surface area contributed by atoms with E-state index in [-0.39, 0.29) is 5.56 Å². The Balaban J connectivity index is 1.68. The lowest BCUT2D eigenvalue weighted by Crippen LogP contribution is -1.97. The number of carbonyl (C=O) groups is 1. The molecule has 0 aliphatic carbocycles. The van der Waals surface area contributed by atoms with Crippen molar-refractivity contribution in [1.29, 1.82) is 0 Å². The topological polar surface area (TPSA) is 129 Å². The quantitative estimate of drug-likeness (QED) is 0.458. The van der Waals surface area contributed by atoms with Gasteiger partial charge >= 0.3 is 5.97 Å². The van der Waals surface area contributed by atoms with Crippen molar-refractivity contribution in [2.75, 3.05) is 5.32 Å². The van der Waals surface area contributed by atoms with Crippen molar-refractivity contribution < 1.29 is 9.90 Å². The third-order valence-electron chi connectivity index (χ3n) is 3.81. The first kappa shape index (κ1) is 16.3. The summed E-state index contributed by atoms with van der Waals surface area (Å²) in [6.45, 7) is 0. The minimum Gasteiger partial charge on any atom is -0.478 e. The molecule has 0 amide bonds. The number of pyridine rings is 1. The second-order valence-electron chi connectivity index (χ2n) is 5.55. The maximum atomic E-state index is 11.0. The molecule has 9 heteroatoms. The zero-order valence-electron chi connectivity index (χ0n) is 13.9. The van der Waals surface area contributed by atoms with Crippen molar-refractivity contribution in [3.63, 3.8) is 0 Å². The molecule has 0 spiro atoms. The SMILES string of the molecule is O=C(O)c1ccc(Nc2ccc(N=Nc3ncn[nH]3)c3ncccc23)cc1. The van der Waals surface area contributed by atoms with Gasteiger partial charge < -0.3 is 10.4 Å². The molecule has 27 heavy (non-hydrogen) atoms. The first-order valence-electron chi connectivity index (χ1n) is 7.96. The number of aromatic carboxylic acids is 1. The maximum absolute atomic E-state index is 11.0. The van der Waals surface area contributed by atoms with Crippen LogP contribution in [0, 0.1) is 0 Å². The fourth-order valence-corrected chi connectivity index (χ4v) is 2.55. The lowest BCUT2D eigenvalue weighted by atomic mass is 10.1. The standard InChI is InChI=1S/C18H13N7O2/c26-17(27)11-3-5-12(6-4-11)22-14-7-8-15(16-13(14)2-1-9-19-16)23-25-18-20-10-21-24-18/h1-10,22H,(H,26,27)(H,20,21,24). The lowest BCUT2D eigenvalue weighted by molar-refractivity contribution is 0.0697. The number of fused-ring (bicyclic) bond motifs is 1. The van der Waals surface area contributed by atoms with Crippen LogP contribution in [0.15, 0.2) is 71.3 Å². The van der Waals surface area contributed by atoms with Crippen molar-refractivity contribution >= 4 is 39.9 Å². The molecule has 0 radical (unpaired) electrons. The molecule has 4 rings (SSSR count). The number of rotatable bonds is 5. The highest BCUT2D eigenvalue weighted by Gasteiger charge is 2.08. The first-order valence-corrected chi connectivity index (χ1v) is 7.96. The van der Waals surface area contributed by atoms with Crippen molar-refractivity contribution in [3.05, 3.63) is 66.6 Å². The second kappa shape index (κ2) is 7.00. The summed E-state index contributed by atoms with van der Waals surface area (Å²) in [5.74, 6) is -0.655. The third-order valence-corrected chi connectivity index (χ3v) is 3.81. The van der Waals surface area contributed by atoms with Gasteiger partial charge in [0.05, 0.1) is 11.1 Å². The fourth-order valence-electron chi connectivity index (χ4n) is 2.55. The summed E-state index contributed by atoms with van der Waals surface area (Å²) in [5, 5.41) is 27.7. The van der Waals surface area contributed by atoms with Crippen LogP contribution in [0.2, 0.25) is 0 Å². The predicted octanol–water partition coefficient (Wildman–Crippen LogP) is 4.21. The summed E-state index contributed by atoms with van der Waals surface area (Å²) in [7, 11) is 0. The number of H-pyrrole nitrogens is 1. The number of hydrogen-bond acceptors (Lipinski definition) is 7. The van der Waals surface area contributed by atoms with Gasteiger partial charge in [-0.15, -0.1) is 10.2 Å². The Bertz CT molecular complexity index is 1120. The molecule has 0 unspecified atom stereocenters. The fraction of sp³-hybridized carbons (Fsp3) is 0. The molecule has 0 aliphatic heterocycles. The van der Waals surface area contributed by atoms with Crippen LogP contribution in [0.5, 0.6) is 0 Å². The van der Waals surface area contributed by atoms with Crippen LogP contribution < -0.4 is 5.32 Å². The number of nitrogens with zero attached hydrogens (tertiary/aromatic N) is 5. The van der Waals surface area contributed by atoms with Crippen LogP contribution in [0.1, 0.15) is 10.4 Å². The Morgan fingerprint density at radius 1 is 1.04 bits per heavy atom. The molecule has 0 atom stereocenters. The van der Waals surface area contributed by atoms with Gasteiger partial charge in [-0.05, 0) is 48.5 Å². The van der Waals surface area contributed by atoms with Crippen LogP contribution in [-0.4, -0.2) is 31.2 Å². The normalized spacial score (nSPS) is 11.1. The molecule has 132 valence electrons. The highest BCUT2D eigenvalue weighted by molar-refractivity contribution is 5.99. The molecule has 0 saturated carbocycles. The Hall–Kier alpha value is -4.14. The number of carboxylic acid groups (broad SMARTS) is 1. The van der Waals surface area contributed by atoms with E-state index in [0.717, 1.165) is 16.8 Å². The van der Waals surface area contributed by atoms with Gasteiger partial charge in [0.25, 0.3) is 5.95 Å². The van der Waals surface area contributed by atoms with Crippen LogP contribution in [-0.2, 0) is 0 Å². The van der Waals surface area contributed by atoms with Crippen LogP contribution in [0.4, 0.5) is 23.0 Å². The maximum Gasteiger partial charge on any atom is 0.335 e. The zero-order valence-corrected chi connectivity index (χ0v) is 13.9. The third kappa shape index (κ3) is 3.47. The molecular formula is C18H13N7O2. The van der Waals surface area contributed by atoms with E-state index in [1.807, 2.05) is 18.2 Å². The molecule has 0 aliphatic rings. The van der Waals surface area contributed by atoms with Gasteiger partial charge in [-0.1, -0.05) is 0 Å². The van der Waals surface area contributed by atoms with Crippen LogP contribution in [0.3, 0.4) is 0 Å². The van der Waals surface area contributed by atoms with Gasteiger partial charge in [0.15, 0.2) is 0 Å². The molecule has 3 N–H and O–H groups in total. The number of carboxylic acids is 1. The number of hydrogen-bond donors (Lipinski definition) is 3. The van der Waals surface area contributed by atoms with E-state index in [2.05, 4.69) is 35.7 Å². The summed E-state index contributed by atoms with van der Waals surface area (Å²) >= 11 is 0. The Kier molecular flexibility index (Phi) is 4.24. The summed E-state index contributed by atoms with van der Waals surface area (Å²) < 4.78 is 0. The number of benzene rings is 2. The number of nitrogens with one attached hydrogen (secondary N) is 2. The molecule has 9 nitrogen and oxygen atoms in total. The van der Waals surface area contributed by atoms with E-state index in [1.54, 1.807) is 36.5 Å². The van der Waals surface area contributed by atoms with E-state index in [4.69, 9.17) is 5.11 Å². The van der Waals surface area contributed by atoms with Crippen LogP contribution >= 0.6 is 0 Å². The molecule has 2 aromatic heterocycles. The molecule has 0 saturated heterocycles. The van der Waals surface area contributed by atoms with E-state index in [0.29, 0.717) is 17.2 Å². The number of azo groups is 1. The van der Waals surface area contributed by atoms with Crippen LogP contribution in [0.25, 0.3) is 10.9 Å². The van der Waals surface area contributed by atoms with Gasteiger partial charge in [0.2, 0.25) is 0 Å². The van der Waals surface area contributed by atoms with Crippen molar-refractivity contribution in [2.24, 2.45) is 10.2 Å². The van der Waals surface area contributed by atoms with Gasteiger partial charge in [-0.3, -0.25) is 4.98 Å². The summed E-state index contributed by atoms with van der Waals surface area (Å²) in [4.78, 5) is 19.3. The molecule has 2 heterocycles. The summed E-state index contributed by atoms with van der Waals surface area (Å²) in [6.07, 6.45) is 3.04. The largest absolute Gasteiger partial charge is 0.478 e. The highest BCUT2D eigenvalue weighted by atomic mass is 16.4. The predicted molar refractivity (Wildman–Crippen MR) is 99.0 cm³/mol. The minimum absolute atomic E-state index is 0.232. The molecule has 0 fully saturated rings. The first-order chi connectivity index (χ1) is 13.2. The van der Waals surface area contributed by atoms with Crippen molar-refractivity contribution in [2.45, 2.75) is 0 Å². The Labute approximate surface area is 152 Å². The van der Waals surface area contributed by atoms with E-state index in [1.165, 1.54) is 6.33 Å². The average Bonchev–Trinajstić information content (AvgIpc) is 3.21. The zero-order chi connectivity index (χ0) is 18.6. The molecular weight excluding hydrogens is 346 g/mol. The number of anilines is 2. The summed E-state index contributed by atoms with van der Waals surface area (Å²) in [5.41, 5.74) is 3.08. The molecule has 4 aromatic rings. The average molecular weight is 359 g/mol. The second-order valence-corrected chi connectivity index (χ2v) is 5.55. The summed E-state index contributed by atoms with van der Waals surface area (Å²) in [6, 6.07) is 13.9. The van der Waals surface area contributed by atoms with Crippen molar-refractivity contribution in [3.8, 4) is 0 Å². The van der Waals surface area contributed by atoms with Gasteiger partial charge in [-0.2, -0.15) is 10.1 Å². The minimum atomic E-state index is -0.960. The number of aromatic amines is 1. The van der Waals surface area contributed by atoms with E-state index < -0.39 is 5.97 Å². The van der Waals surface area contributed by atoms with Gasteiger partial charge in [0, 0.05) is 23.0 Å². The Morgan fingerprint density at radius 3 is 2.63 bits per heavy atom. The highest BCUT2D eigenvalue weighted by Crippen LogP contribution is 2.32. The monoisotopic (exact) mass is 359 g/mol. The smallest absolute Gasteiger partial charge is 0.335 e. The van der Waals surface area contributed by atoms with Crippen molar-refractivity contribution in [1.82, 2.24) is 20.2 Å². The van der Waals surface area contributed by atoms with Gasteiger partial charge in [0.1, 0.15) is 12.0 Å².